The lowest BCUT2D eigenvalue weighted by Gasteiger charge is -2.05. The Labute approximate surface area is 97.5 Å². The molecule has 0 amide bonds. The van der Waals surface area contributed by atoms with Gasteiger partial charge in [-0.15, -0.1) is 0 Å². The molecule has 2 aromatic rings. The van der Waals surface area contributed by atoms with E-state index in [2.05, 4.69) is 4.98 Å². The maximum absolute atomic E-state index is 10.7. The van der Waals surface area contributed by atoms with Crippen LogP contribution in [0.2, 0.25) is 0 Å². The third-order valence-corrected chi connectivity index (χ3v) is 2.07. The molecule has 1 aromatic heterocycles. The standard InChI is InChI=1S/C12H10N2O3/c13-8-1-3-9(4-2-8)17-10-5-6-14-11(7-10)12(15)16/h1-7H,13H2,(H,15,16). The van der Waals surface area contributed by atoms with E-state index in [1.807, 2.05) is 0 Å². The molecule has 86 valence electrons. The van der Waals surface area contributed by atoms with E-state index in [4.69, 9.17) is 15.6 Å². The van der Waals surface area contributed by atoms with Crippen LogP contribution in [0, 0.1) is 0 Å². The number of benzene rings is 1. The van der Waals surface area contributed by atoms with Crippen molar-refractivity contribution in [1.29, 1.82) is 0 Å². The minimum atomic E-state index is -1.09. The lowest BCUT2D eigenvalue weighted by molar-refractivity contribution is 0.0690. The van der Waals surface area contributed by atoms with Crippen LogP contribution in [0.25, 0.3) is 0 Å². The lowest BCUT2D eigenvalue weighted by atomic mass is 10.3. The van der Waals surface area contributed by atoms with Crippen molar-refractivity contribution in [3.63, 3.8) is 0 Å². The predicted molar refractivity (Wildman–Crippen MR) is 62.1 cm³/mol. The topological polar surface area (TPSA) is 85.4 Å². The third kappa shape index (κ3) is 2.72. The van der Waals surface area contributed by atoms with Gasteiger partial charge in [-0.3, -0.25) is 0 Å². The minimum Gasteiger partial charge on any atom is -0.477 e. The van der Waals surface area contributed by atoms with Crippen molar-refractivity contribution >= 4 is 11.7 Å². The number of pyridine rings is 1. The fraction of sp³-hybridized carbons (Fsp3) is 0. The van der Waals surface area contributed by atoms with Gasteiger partial charge in [-0.25, -0.2) is 9.78 Å². The number of carbonyl (C=O) groups is 1. The van der Waals surface area contributed by atoms with Crippen LogP contribution in [-0.4, -0.2) is 16.1 Å². The summed E-state index contributed by atoms with van der Waals surface area (Å²) in [5.41, 5.74) is 6.12. The summed E-state index contributed by atoms with van der Waals surface area (Å²) in [6.07, 6.45) is 1.39. The van der Waals surface area contributed by atoms with Crippen LogP contribution in [0.4, 0.5) is 5.69 Å². The number of anilines is 1. The van der Waals surface area contributed by atoms with Crippen molar-refractivity contribution in [2.75, 3.05) is 5.73 Å². The summed E-state index contributed by atoms with van der Waals surface area (Å²) >= 11 is 0. The zero-order valence-corrected chi connectivity index (χ0v) is 8.83. The third-order valence-electron chi connectivity index (χ3n) is 2.07. The summed E-state index contributed by atoms with van der Waals surface area (Å²) in [5.74, 6) is -0.0864. The van der Waals surface area contributed by atoms with Gasteiger partial charge in [0.15, 0.2) is 5.69 Å². The van der Waals surface area contributed by atoms with Gasteiger partial charge in [-0.05, 0) is 30.3 Å². The fourth-order valence-electron chi connectivity index (χ4n) is 1.26. The van der Waals surface area contributed by atoms with E-state index >= 15 is 0 Å². The molecule has 0 spiro atoms. The molecule has 1 aromatic carbocycles. The number of rotatable bonds is 3. The molecule has 0 radical (unpaired) electrons. The van der Waals surface area contributed by atoms with Crippen molar-refractivity contribution in [1.82, 2.24) is 4.98 Å². The largest absolute Gasteiger partial charge is 0.477 e. The first-order valence-corrected chi connectivity index (χ1v) is 4.88. The van der Waals surface area contributed by atoms with E-state index in [1.54, 1.807) is 30.3 Å². The number of nitrogens with zero attached hydrogens (tertiary/aromatic N) is 1. The van der Waals surface area contributed by atoms with E-state index in [-0.39, 0.29) is 5.69 Å². The van der Waals surface area contributed by atoms with Crippen molar-refractivity contribution in [2.45, 2.75) is 0 Å². The molecule has 5 heteroatoms. The number of hydrogen-bond acceptors (Lipinski definition) is 4. The Hall–Kier alpha value is -2.56. The van der Waals surface area contributed by atoms with Gasteiger partial charge in [0.25, 0.3) is 0 Å². The molecule has 2 rings (SSSR count). The molecule has 17 heavy (non-hydrogen) atoms. The van der Waals surface area contributed by atoms with Gasteiger partial charge < -0.3 is 15.6 Å². The van der Waals surface area contributed by atoms with Gasteiger partial charge in [0, 0.05) is 18.0 Å². The number of nitrogens with two attached hydrogens (primary N) is 1. The number of carboxylic acids is 1. The number of aromatic carboxylic acids is 1. The van der Waals surface area contributed by atoms with Crippen LogP contribution in [0.1, 0.15) is 10.5 Å². The van der Waals surface area contributed by atoms with Crippen molar-refractivity contribution in [3.05, 3.63) is 48.3 Å². The Morgan fingerprint density at radius 3 is 2.53 bits per heavy atom. The number of carboxylic acid groups (broad SMARTS) is 1. The molecule has 0 fully saturated rings. The molecule has 0 aliphatic heterocycles. The summed E-state index contributed by atoms with van der Waals surface area (Å²) in [6.45, 7) is 0. The molecule has 0 aliphatic rings. The summed E-state index contributed by atoms with van der Waals surface area (Å²) in [5, 5.41) is 8.78. The van der Waals surface area contributed by atoms with Crippen LogP contribution in [0.15, 0.2) is 42.6 Å². The molecule has 5 nitrogen and oxygen atoms in total. The maximum Gasteiger partial charge on any atom is 0.354 e. The second kappa shape index (κ2) is 4.52. The smallest absolute Gasteiger partial charge is 0.354 e. The van der Waals surface area contributed by atoms with Crippen molar-refractivity contribution in [2.24, 2.45) is 0 Å². The van der Waals surface area contributed by atoms with Gasteiger partial charge in [0.2, 0.25) is 0 Å². The number of ether oxygens (including phenoxy) is 1. The Kier molecular flexibility index (Phi) is 2.91. The first-order valence-electron chi connectivity index (χ1n) is 4.88. The Morgan fingerprint density at radius 1 is 1.18 bits per heavy atom. The van der Waals surface area contributed by atoms with Gasteiger partial charge in [-0.1, -0.05) is 0 Å². The summed E-state index contributed by atoms with van der Waals surface area (Å²) in [6, 6.07) is 9.76. The fourth-order valence-corrected chi connectivity index (χ4v) is 1.26. The number of nitrogen functional groups attached to an aromatic ring is 1. The molecule has 0 aliphatic carbocycles. The van der Waals surface area contributed by atoms with Crippen LogP contribution in [0.5, 0.6) is 11.5 Å². The summed E-state index contributed by atoms with van der Waals surface area (Å²) in [4.78, 5) is 14.4. The minimum absolute atomic E-state index is 0.0575. The second-order valence-corrected chi connectivity index (χ2v) is 3.35. The van der Waals surface area contributed by atoms with Crippen molar-refractivity contribution < 1.29 is 14.6 Å². The van der Waals surface area contributed by atoms with E-state index < -0.39 is 5.97 Å². The summed E-state index contributed by atoms with van der Waals surface area (Å²) < 4.78 is 5.47. The van der Waals surface area contributed by atoms with Gasteiger partial charge in [0.1, 0.15) is 11.5 Å². The Bertz CT molecular complexity index is 538. The van der Waals surface area contributed by atoms with E-state index in [0.29, 0.717) is 17.2 Å². The van der Waals surface area contributed by atoms with Gasteiger partial charge in [-0.2, -0.15) is 0 Å². The number of hydrogen-bond donors (Lipinski definition) is 2. The highest BCUT2D eigenvalue weighted by atomic mass is 16.5. The number of aromatic nitrogens is 1. The molecule has 0 bridgehead atoms. The molecule has 0 unspecified atom stereocenters. The average molecular weight is 230 g/mol. The van der Waals surface area contributed by atoms with Crippen LogP contribution in [-0.2, 0) is 0 Å². The predicted octanol–water partition coefficient (Wildman–Crippen LogP) is 2.15. The molecular weight excluding hydrogens is 220 g/mol. The van der Waals surface area contributed by atoms with Crippen LogP contribution in [0.3, 0.4) is 0 Å². The normalized spacial score (nSPS) is 9.88. The monoisotopic (exact) mass is 230 g/mol. The van der Waals surface area contributed by atoms with Gasteiger partial charge in [0.05, 0.1) is 0 Å². The van der Waals surface area contributed by atoms with E-state index in [1.165, 1.54) is 12.3 Å². The zero-order valence-electron chi connectivity index (χ0n) is 8.83. The van der Waals surface area contributed by atoms with E-state index in [9.17, 15) is 4.79 Å². The van der Waals surface area contributed by atoms with Gasteiger partial charge >= 0.3 is 5.97 Å². The maximum atomic E-state index is 10.7. The molecule has 0 saturated carbocycles. The molecule has 3 N–H and O–H groups in total. The first-order chi connectivity index (χ1) is 8.15. The SMILES string of the molecule is Nc1ccc(Oc2ccnc(C(=O)O)c2)cc1. The molecular formula is C12H10N2O3. The Balaban J connectivity index is 2.21. The molecule has 1 heterocycles. The highest BCUT2D eigenvalue weighted by Gasteiger charge is 2.06. The lowest BCUT2D eigenvalue weighted by Crippen LogP contribution is -1.99. The Morgan fingerprint density at radius 2 is 1.88 bits per heavy atom. The highest BCUT2D eigenvalue weighted by molar-refractivity contribution is 5.85. The van der Waals surface area contributed by atoms with Crippen LogP contribution < -0.4 is 10.5 Å². The highest BCUT2D eigenvalue weighted by Crippen LogP contribution is 2.22. The quantitative estimate of drug-likeness (QED) is 0.789. The second-order valence-electron chi connectivity index (χ2n) is 3.35. The molecule has 0 atom stereocenters. The van der Waals surface area contributed by atoms with E-state index in [0.717, 1.165) is 0 Å². The average Bonchev–Trinajstić information content (AvgIpc) is 2.32. The zero-order chi connectivity index (χ0) is 12.3. The first kappa shape index (κ1) is 10.9. The van der Waals surface area contributed by atoms with Crippen molar-refractivity contribution in [3.8, 4) is 11.5 Å². The van der Waals surface area contributed by atoms with Crippen LogP contribution >= 0.6 is 0 Å². The summed E-state index contributed by atoms with van der Waals surface area (Å²) in [7, 11) is 0. The molecule has 0 saturated heterocycles.